The Hall–Kier alpha value is -1.81. The summed E-state index contributed by atoms with van der Waals surface area (Å²) in [5.74, 6) is 0.980. The highest BCUT2D eigenvalue weighted by molar-refractivity contribution is 5.60. The van der Waals surface area contributed by atoms with Gasteiger partial charge in [0.2, 0.25) is 5.95 Å². The quantitative estimate of drug-likeness (QED) is 0.919. The van der Waals surface area contributed by atoms with Gasteiger partial charge in [0.1, 0.15) is 0 Å². The summed E-state index contributed by atoms with van der Waals surface area (Å²) in [5, 5.41) is 3.58. The standard InChI is InChI=1S/C17H21N3O/c1-12-7-8-16(21-12)14-9-10-20-11-15(19-17(20)18-14)13-5-3-2-4-6-13/h2-6,11-12,14,16H,7-10H2,1H3,(H,18,19). The van der Waals surface area contributed by atoms with Crippen LogP contribution in [0.4, 0.5) is 5.95 Å². The van der Waals surface area contributed by atoms with Crippen molar-refractivity contribution in [3.8, 4) is 11.3 Å². The van der Waals surface area contributed by atoms with Crippen LogP contribution in [-0.4, -0.2) is 27.8 Å². The zero-order valence-electron chi connectivity index (χ0n) is 12.3. The van der Waals surface area contributed by atoms with Crippen molar-refractivity contribution in [1.82, 2.24) is 9.55 Å². The second-order valence-corrected chi connectivity index (χ2v) is 6.11. The van der Waals surface area contributed by atoms with Gasteiger partial charge in [-0.25, -0.2) is 4.98 Å². The summed E-state index contributed by atoms with van der Waals surface area (Å²) in [6.07, 6.45) is 6.32. The lowest BCUT2D eigenvalue weighted by molar-refractivity contribution is 0.0406. The Morgan fingerprint density at radius 3 is 2.81 bits per heavy atom. The van der Waals surface area contributed by atoms with E-state index in [0.717, 1.165) is 31.0 Å². The number of ether oxygens (including phenoxy) is 1. The maximum Gasteiger partial charge on any atom is 0.203 e. The Bertz CT molecular complexity index is 622. The third-order valence-corrected chi connectivity index (χ3v) is 4.56. The molecule has 1 aromatic heterocycles. The predicted octanol–water partition coefficient (Wildman–Crippen LogP) is 3.30. The van der Waals surface area contributed by atoms with Gasteiger partial charge in [-0.05, 0) is 26.2 Å². The van der Waals surface area contributed by atoms with Crippen LogP contribution in [0.15, 0.2) is 36.5 Å². The number of nitrogens with one attached hydrogen (secondary N) is 1. The number of rotatable bonds is 2. The van der Waals surface area contributed by atoms with Crippen molar-refractivity contribution in [1.29, 1.82) is 0 Å². The van der Waals surface area contributed by atoms with Gasteiger partial charge in [-0.1, -0.05) is 30.3 Å². The van der Waals surface area contributed by atoms with E-state index >= 15 is 0 Å². The number of hydrogen-bond acceptors (Lipinski definition) is 3. The fourth-order valence-corrected chi connectivity index (χ4v) is 3.37. The highest BCUT2D eigenvalue weighted by Crippen LogP contribution is 2.30. The molecule has 1 aromatic carbocycles. The summed E-state index contributed by atoms with van der Waals surface area (Å²) in [4.78, 5) is 4.76. The molecule has 2 aliphatic heterocycles. The van der Waals surface area contributed by atoms with E-state index in [-0.39, 0.29) is 0 Å². The van der Waals surface area contributed by atoms with Gasteiger partial charge < -0.3 is 14.6 Å². The highest BCUT2D eigenvalue weighted by Gasteiger charge is 2.32. The van der Waals surface area contributed by atoms with Gasteiger partial charge in [-0.2, -0.15) is 0 Å². The number of aromatic nitrogens is 2. The summed E-state index contributed by atoms with van der Waals surface area (Å²) in [5.41, 5.74) is 2.21. The third-order valence-electron chi connectivity index (χ3n) is 4.56. The van der Waals surface area contributed by atoms with Gasteiger partial charge in [-0.15, -0.1) is 0 Å². The predicted molar refractivity (Wildman–Crippen MR) is 83.3 cm³/mol. The van der Waals surface area contributed by atoms with Crippen LogP contribution >= 0.6 is 0 Å². The Morgan fingerprint density at radius 1 is 1.19 bits per heavy atom. The molecule has 2 aromatic rings. The number of hydrogen-bond donors (Lipinski definition) is 1. The van der Waals surface area contributed by atoms with Crippen LogP contribution in [0.1, 0.15) is 26.2 Å². The van der Waals surface area contributed by atoms with E-state index in [4.69, 9.17) is 9.72 Å². The van der Waals surface area contributed by atoms with Crippen molar-refractivity contribution >= 4 is 5.95 Å². The molecule has 1 fully saturated rings. The topological polar surface area (TPSA) is 39.1 Å². The van der Waals surface area contributed by atoms with Gasteiger partial charge in [0.05, 0.1) is 23.9 Å². The fraction of sp³-hybridized carbons (Fsp3) is 0.471. The number of aryl methyl sites for hydroxylation is 1. The average Bonchev–Trinajstić information content (AvgIpc) is 3.13. The summed E-state index contributed by atoms with van der Waals surface area (Å²) in [7, 11) is 0. The molecule has 2 aliphatic rings. The number of fused-ring (bicyclic) bond motifs is 1. The van der Waals surface area contributed by atoms with Gasteiger partial charge in [0.25, 0.3) is 0 Å². The largest absolute Gasteiger partial charge is 0.373 e. The van der Waals surface area contributed by atoms with Gasteiger partial charge in [0.15, 0.2) is 0 Å². The van der Waals surface area contributed by atoms with Crippen LogP contribution in [0.3, 0.4) is 0 Å². The molecule has 0 bridgehead atoms. The lowest BCUT2D eigenvalue weighted by atomic mass is 10.0. The molecule has 110 valence electrons. The molecule has 4 nitrogen and oxygen atoms in total. The zero-order valence-corrected chi connectivity index (χ0v) is 12.3. The molecule has 3 heterocycles. The van der Waals surface area contributed by atoms with E-state index in [1.54, 1.807) is 0 Å². The van der Waals surface area contributed by atoms with Gasteiger partial charge in [-0.3, -0.25) is 0 Å². The number of anilines is 1. The molecule has 0 radical (unpaired) electrons. The van der Waals surface area contributed by atoms with Crippen molar-refractivity contribution in [3.63, 3.8) is 0 Å². The highest BCUT2D eigenvalue weighted by atomic mass is 16.5. The summed E-state index contributed by atoms with van der Waals surface area (Å²) >= 11 is 0. The molecule has 0 amide bonds. The molecule has 1 N–H and O–H groups in total. The van der Waals surface area contributed by atoms with Crippen molar-refractivity contribution < 1.29 is 4.74 Å². The second kappa shape index (κ2) is 5.19. The zero-order chi connectivity index (χ0) is 14.2. The summed E-state index contributed by atoms with van der Waals surface area (Å²) in [6.45, 7) is 3.18. The Kier molecular flexibility index (Phi) is 3.19. The van der Waals surface area contributed by atoms with Crippen molar-refractivity contribution in [3.05, 3.63) is 36.5 Å². The lowest BCUT2D eigenvalue weighted by Crippen LogP contribution is -2.38. The first kappa shape index (κ1) is 12.9. The molecular formula is C17H21N3O. The number of nitrogens with zero attached hydrogens (tertiary/aromatic N) is 2. The number of benzene rings is 1. The van der Waals surface area contributed by atoms with Crippen LogP contribution in [0.5, 0.6) is 0 Å². The molecule has 1 saturated heterocycles. The minimum atomic E-state index is 0.339. The first-order chi connectivity index (χ1) is 10.3. The molecule has 0 saturated carbocycles. The van der Waals surface area contributed by atoms with Crippen LogP contribution in [0.2, 0.25) is 0 Å². The maximum absolute atomic E-state index is 6.01. The summed E-state index contributed by atoms with van der Waals surface area (Å²) in [6, 6.07) is 10.7. The van der Waals surface area contributed by atoms with Gasteiger partial charge >= 0.3 is 0 Å². The van der Waals surface area contributed by atoms with E-state index in [1.807, 2.05) is 6.07 Å². The molecule has 3 unspecified atom stereocenters. The lowest BCUT2D eigenvalue weighted by Gasteiger charge is -2.29. The molecule has 0 spiro atoms. The smallest absolute Gasteiger partial charge is 0.203 e. The minimum Gasteiger partial charge on any atom is -0.373 e. The van der Waals surface area contributed by atoms with E-state index < -0.39 is 0 Å². The molecule has 4 heteroatoms. The number of imidazole rings is 1. The van der Waals surface area contributed by atoms with Crippen molar-refractivity contribution in [2.45, 2.75) is 51.0 Å². The first-order valence-electron chi connectivity index (χ1n) is 7.84. The van der Waals surface area contributed by atoms with Gasteiger partial charge in [0, 0.05) is 18.3 Å². The van der Waals surface area contributed by atoms with Crippen LogP contribution in [0.25, 0.3) is 11.3 Å². The molecule has 21 heavy (non-hydrogen) atoms. The first-order valence-corrected chi connectivity index (χ1v) is 7.84. The Balaban J connectivity index is 1.55. The Morgan fingerprint density at radius 2 is 2.05 bits per heavy atom. The third kappa shape index (κ3) is 2.44. The van der Waals surface area contributed by atoms with E-state index in [0.29, 0.717) is 18.2 Å². The summed E-state index contributed by atoms with van der Waals surface area (Å²) < 4.78 is 8.23. The second-order valence-electron chi connectivity index (χ2n) is 6.11. The SMILES string of the molecule is CC1CCC(C2CCn3cc(-c4ccccc4)nc3N2)O1. The normalized spacial score (nSPS) is 28.1. The Labute approximate surface area is 125 Å². The van der Waals surface area contributed by atoms with Crippen molar-refractivity contribution in [2.24, 2.45) is 0 Å². The molecular weight excluding hydrogens is 262 g/mol. The molecule has 0 aliphatic carbocycles. The van der Waals surface area contributed by atoms with E-state index in [1.165, 1.54) is 12.0 Å². The van der Waals surface area contributed by atoms with E-state index in [2.05, 4.69) is 47.3 Å². The van der Waals surface area contributed by atoms with Crippen LogP contribution < -0.4 is 5.32 Å². The van der Waals surface area contributed by atoms with Crippen LogP contribution in [0, 0.1) is 0 Å². The van der Waals surface area contributed by atoms with E-state index in [9.17, 15) is 0 Å². The van der Waals surface area contributed by atoms with Crippen molar-refractivity contribution in [2.75, 3.05) is 5.32 Å². The average molecular weight is 283 g/mol. The monoisotopic (exact) mass is 283 g/mol. The molecule has 4 rings (SSSR count). The fourth-order valence-electron chi connectivity index (χ4n) is 3.37. The molecule has 3 atom stereocenters. The van der Waals surface area contributed by atoms with Crippen LogP contribution in [-0.2, 0) is 11.3 Å². The minimum absolute atomic E-state index is 0.339. The maximum atomic E-state index is 6.01.